The lowest BCUT2D eigenvalue weighted by Crippen LogP contribution is -2.55. The van der Waals surface area contributed by atoms with Crippen LogP contribution in [0.3, 0.4) is 0 Å². The van der Waals surface area contributed by atoms with Crippen molar-refractivity contribution in [3.8, 4) is 11.5 Å². The number of carboxylic acid groups (broad SMARTS) is 1. The summed E-state index contributed by atoms with van der Waals surface area (Å²) < 4.78 is 19.2. The number of nitrogens with zero attached hydrogens (tertiary/aromatic N) is 1. The first-order chi connectivity index (χ1) is 15.9. The topological polar surface area (TPSA) is 68.2 Å². The molecule has 6 heteroatoms. The monoisotopic (exact) mass is 451 g/mol. The zero-order valence-corrected chi connectivity index (χ0v) is 19.6. The van der Waals surface area contributed by atoms with Gasteiger partial charge in [-0.2, -0.15) is 0 Å². The molecular weight excluding hydrogens is 418 g/mol. The summed E-state index contributed by atoms with van der Waals surface area (Å²) in [5.41, 5.74) is 2.14. The highest BCUT2D eigenvalue weighted by atomic mass is 16.5. The summed E-state index contributed by atoms with van der Waals surface area (Å²) in [5, 5.41) is 9.30. The second-order valence-corrected chi connectivity index (χ2v) is 10.0. The van der Waals surface area contributed by atoms with E-state index < -0.39 is 5.97 Å². The van der Waals surface area contributed by atoms with Gasteiger partial charge in [-0.15, -0.1) is 0 Å². The Balaban J connectivity index is 1.34. The van der Waals surface area contributed by atoms with Gasteiger partial charge in [-0.05, 0) is 63.3 Å². The highest BCUT2D eigenvalue weighted by Crippen LogP contribution is 2.55. The molecule has 3 aliphatic rings. The third-order valence-electron chi connectivity index (χ3n) is 7.45. The molecule has 4 atom stereocenters. The fraction of sp³-hybridized carbons (Fsp3) is 0.519. The van der Waals surface area contributed by atoms with Crippen LogP contribution < -0.4 is 9.47 Å². The number of hydrogen-bond donors (Lipinski definition) is 1. The maximum atomic E-state index is 11.3. The zero-order valence-electron chi connectivity index (χ0n) is 19.6. The molecular formula is C27H33NO5. The fourth-order valence-corrected chi connectivity index (χ4v) is 5.84. The van der Waals surface area contributed by atoms with Crippen molar-refractivity contribution in [2.75, 3.05) is 19.7 Å². The number of aromatic carboxylic acids is 1. The summed E-state index contributed by atoms with van der Waals surface area (Å²) in [6.45, 7) is 9.58. The fourth-order valence-electron chi connectivity index (χ4n) is 5.84. The normalized spacial score (nSPS) is 28.1. The van der Waals surface area contributed by atoms with E-state index in [1.807, 2.05) is 31.2 Å². The lowest BCUT2D eigenvalue weighted by Gasteiger charge is -2.53. The number of para-hydroxylation sites is 1. The van der Waals surface area contributed by atoms with Gasteiger partial charge in [0.05, 0.1) is 24.4 Å². The van der Waals surface area contributed by atoms with Crippen LogP contribution in [0.4, 0.5) is 0 Å². The van der Waals surface area contributed by atoms with Crippen LogP contribution in [-0.2, 0) is 11.3 Å². The minimum Gasteiger partial charge on any atom is -0.490 e. The van der Waals surface area contributed by atoms with Crippen LogP contribution in [0.15, 0.2) is 42.5 Å². The zero-order chi connectivity index (χ0) is 23.2. The van der Waals surface area contributed by atoms with Gasteiger partial charge in [-0.3, -0.25) is 4.90 Å². The van der Waals surface area contributed by atoms with Gasteiger partial charge in [0.15, 0.2) is 11.5 Å². The number of piperidine rings is 1. The van der Waals surface area contributed by atoms with Gasteiger partial charge >= 0.3 is 5.97 Å². The molecule has 2 saturated heterocycles. The van der Waals surface area contributed by atoms with Crippen LogP contribution in [0, 0.1) is 11.8 Å². The standard InChI is InChI=1S/C27H33NO5/c1-4-31-23-10-6-9-20-24-21(27(2,3)33-25(20)23)14-19-16-28(12-11-22(19)32-24)15-17-7-5-8-18(13-17)26(29)30/h5-10,13,19,21-22,24H,4,11-12,14-16H2,1-3H3,(H,29,30)/t19-,21-,22-,24+/m1/s1. The van der Waals surface area contributed by atoms with Crippen molar-refractivity contribution in [3.63, 3.8) is 0 Å². The first-order valence-corrected chi connectivity index (χ1v) is 12.0. The Morgan fingerprint density at radius 3 is 2.85 bits per heavy atom. The Labute approximate surface area is 195 Å². The van der Waals surface area contributed by atoms with Crippen LogP contribution >= 0.6 is 0 Å². The van der Waals surface area contributed by atoms with E-state index in [9.17, 15) is 9.90 Å². The van der Waals surface area contributed by atoms with Crippen molar-refractivity contribution in [2.45, 2.75) is 58.0 Å². The highest BCUT2D eigenvalue weighted by molar-refractivity contribution is 5.87. The SMILES string of the molecule is CCOc1cccc2c1OC(C)(C)[C@@H]1C[C@@H]3CN(Cc4cccc(C(=O)O)c4)CC[C@H]3O[C@@H]21. The molecule has 2 aromatic carbocycles. The molecule has 0 unspecified atom stereocenters. The molecule has 33 heavy (non-hydrogen) atoms. The predicted octanol–water partition coefficient (Wildman–Crippen LogP) is 4.92. The van der Waals surface area contributed by atoms with Gasteiger partial charge in [-0.1, -0.05) is 24.3 Å². The molecule has 176 valence electrons. The number of carboxylic acids is 1. The van der Waals surface area contributed by atoms with E-state index in [0.29, 0.717) is 18.1 Å². The molecule has 3 aliphatic heterocycles. The van der Waals surface area contributed by atoms with Crippen molar-refractivity contribution in [1.82, 2.24) is 4.90 Å². The van der Waals surface area contributed by atoms with Crippen molar-refractivity contribution >= 4 is 5.97 Å². The first-order valence-electron chi connectivity index (χ1n) is 12.0. The number of benzene rings is 2. The van der Waals surface area contributed by atoms with Crippen LogP contribution in [0.5, 0.6) is 11.5 Å². The Kier molecular flexibility index (Phi) is 5.83. The summed E-state index contributed by atoms with van der Waals surface area (Å²) in [5.74, 6) is 1.45. The maximum Gasteiger partial charge on any atom is 0.335 e. The van der Waals surface area contributed by atoms with E-state index >= 15 is 0 Å². The van der Waals surface area contributed by atoms with Crippen LogP contribution in [0.25, 0.3) is 0 Å². The van der Waals surface area contributed by atoms with E-state index in [1.165, 1.54) is 0 Å². The number of rotatable bonds is 5. The summed E-state index contributed by atoms with van der Waals surface area (Å²) in [4.78, 5) is 13.8. The van der Waals surface area contributed by atoms with Gasteiger partial charge in [0.2, 0.25) is 0 Å². The van der Waals surface area contributed by atoms with Crippen molar-refractivity contribution in [2.24, 2.45) is 11.8 Å². The first kappa shape index (κ1) is 22.2. The minimum absolute atomic E-state index is 0.0178. The molecule has 0 bridgehead atoms. The number of likely N-dealkylation sites (tertiary alicyclic amines) is 1. The third kappa shape index (κ3) is 4.22. The van der Waals surface area contributed by atoms with Gasteiger partial charge in [0, 0.05) is 31.1 Å². The molecule has 0 aliphatic carbocycles. The molecule has 5 rings (SSSR count). The number of ether oxygens (including phenoxy) is 3. The molecule has 2 aromatic rings. The quantitative estimate of drug-likeness (QED) is 0.696. The molecule has 2 fully saturated rings. The molecule has 0 aromatic heterocycles. The van der Waals surface area contributed by atoms with Gasteiger partial charge in [0.1, 0.15) is 5.60 Å². The molecule has 0 amide bonds. The van der Waals surface area contributed by atoms with Crippen molar-refractivity contribution < 1.29 is 24.1 Å². The molecule has 6 nitrogen and oxygen atoms in total. The van der Waals surface area contributed by atoms with Gasteiger partial charge in [0.25, 0.3) is 0 Å². The number of carbonyl (C=O) groups is 1. The van der Waals surface area contributed by atoms with Crippen molar-refractivity contribution in [1.29, 1.82) is 0 Å². The Morgan fingerprint density at radius 1 is 1.24 bits per heavy atom. The average molecular weight is 452 g/mol. The van der Waals surface area contributed by atoms with E-state index in [4.69, 9.17) is 14.2 Å². The number of fused-ring (bicyclic) bond motifs is 4. The second kappa shape index (κ2) is 8.65. The average Bonchev–Trinajstić information content (AvgIpc) is 2.79. The van der Waals surface area contributed by atoms with E-state index in [2.05, 4.69) is 24.8 Å². The predicted molar refractivity (Wildman–Crippen MR) is 125 cm³/mol. The Morgan fingerprint density at radius 2 is 2.06 bits per heavy atom. The van der Waals surface area contributed by atoms with Crippen LogP contribution in [0.1, 0.15) is 61.2 Å². The lowest BCUT2D eigenvalue weighted by atomic mass is 9.70. The van der Waals surface area contributed by atoms with E-state index in [-0.39, 0.29) is 23.7 Å². The maximum absolute atomic E-state index is 11.3. The molecule has 0 spiro atoms. The number of hydrogen-bond acceptors (Lipinski definition) is 5. The second-order valence-electron chi connectivity index (χ2n) is 10.0. The summed E-state index contributed by atoms with van der Waals surface area (Å²) in [6.07, 6.45) is 2.27. The lowest BCUT2D eigenvalue weighted by molar-refractivity contribution is -0.188. The molecule has 0 radical (unpaired) electrons. The summed E-state index contributed by atoms with van der Waals surface area (Å²) >= 11 is 0. The highest BCUT2D eigenvalue weighted by Gasteiger charge is 2.51. The smallest absolute Gasteiger partial charge is 0.335 e. The van der Waals surface area contributed by atoms with Gasteiger partial charge in [-0.25, -0.2) is 4.79 Å². The van der Waals surface area contributed by atoms with E-state index in [1.54, 1.807) is 12.1 Å². The minimum atomic E-state index is -0.880. The largest absolute Gasteiger partial charge is 0.490 e. The van der Waals surface area contributed by atoms with Crippen LogP contribution in [-0.4, -0.2) is 47.4 Å². The summed E-state index contributed by atoms with van der Waals surface area (Å²) in [7, 11) is 0. The third-order valence-corrected chi connectivity index (χ3v) is 7.45. The van der Waals surface area contributed by atoms with E-state index in [0.717, 1.165) is 55.1 Å². The van der Waals surface area contributed by atoms with Crippen molar-refractivity contribution in [3.05, 3.63) is 59.2 Å². The van der Waals surface area contributed by atoms with Crippen LogP contribution in [0.2, 0.25) is 0 Å². The van der Waals surface area contributed by atoms with Gasteiger partial charge < -0.3 is 19.3 Å². The molecule has 0 saturated carbocycles. The Bertz CT molecular complexity index is 1030. The molecule has 1 N–H and O–H groups in total. The molecule has 3 heterocycles. The Hall–Kier alpha value is -2.57. The summed E-state index contributed by atoms with van der Waals surface area (Å²) in [6, 6.07) is 13.4.